The van der Waals surface area contributed by atoms with Crippen LogP contribution >= 0.6 is 11.3 Å². The zero-order valence-electron chi connectivity index (χ0n) is 15.9. The summed E-state index contributed by atoms with van der Waals surface area (Å²) in [5.41, 5.74) is 2.21. The van der Waals surface area contributed by atoms with Gasteiger partial charge in [-0.2, -0.15) is 5.10 Å². The van der Waals surface area contributed by atoms with E-state index >= 15 is 0 Å². The molecule has 0 radical (unpaired) electrons. The van der Waals surface area contributed by atoms with Gasteiger partial charge >= 0.3 is 0 Å². The summed E-state index contributed by atoms with van der Waals surface area (Å²) in [6.07, 6.45) is 2.16. The largest absolute Gasteiger partial charge is 0.338 e. The number of hydrogen-bond acceptors (Lipinski definition) is 4. The van der Waals surface area contributed by atoms with Gasteiger partial charge < -0.3 is 10.2 Å². The molecular weight excluding hydrogens is 356 g/mol. The average Bonchev–Trinajstić information content (AvgIpc) is 3.25. The molecule has 0 saturated carbocycles. The first-order valence-electron chi connectivity index (χ1n) is 9.60. The molecule has 1 amide bonds. The molecular formula is C21H26N4OS. The number of rotatable bonds is 5. The summed E-state index contributed by atoms with van der Waals surface area (Å²) in [6.45, 7) is 5.51. The zero-order valence-corrected chi connectivity index (χ0v) is 16.8. The Kier molecular flexibility index (Phi) is 5.27. The van der Waals surface area contributed by atoms with Gasteiger partial charge in [-0.1, -0.05) is 30.3 Å². The van der Waals surface area contributed by atoms with Crippen molar-refractivity contribution in [3.05, 3.63) is 52.5 Å². The van der Waals surface area contributed by atoms with Crippen LogP contribution in [0.2, 0.25) is 0 Å². The summed E-state index contributed by atoms with van der Waals surface area (Å²) in [5, 5.41) is 9.03. The number of aromatic nitrogens is 2. The minimum absolute atomic E-state index is 0.171. The molecule has 1 N–H and O–H groups in total. The van der Waals surface area contributed by atoms with Crippen LogP contribution < -0.4 is 5.32 Å². The molecule has 0 bridgehead atoms. The fourth-order valence-electron chi connectivity index (χ4n) is 3.87. The monoisotopic (exact) mass is 382 g/mol. The van der Waals surface area contributed by atoms with E-state index in [2.05, 4.69) is 22.5 Å². The molecule has 0 spiro atoms. The predicted octanol–water partition coefficient (Wildman–Crippen LogP) is 3.53. The third-order valence-corrected chi connectivity index (χ3v) is 6.52. The van der Waals surface area contributed by atoms with Crippen LogP contribution in [-0.4, -0.2) is 47.3 Å². The number of amides is 1. The SMILES string of the molecule is CNCC1CCN(C(=O)c2cc3c(C)nn(Cc4ccccc4)c3s2)CC1. The summed E-state index contributed by atoms with van der Waals surface area (Å²) in [4.78, 5) is 16.9. The molecule has 142 valence electrons. The normalized spacial score (nSPS) is 15.6. The van der Waals surface area contributed by atoms with E-state index in [9.17, 15) is 4.79 Å². The van der Waals surface area contributed by atoms with E-state index in [1.807, 2.05) is 47.8 Å². The Morgan fingerprint density at radius 1 is 1.26 bits per heavy atom. The van der Waals surface area contributed by atoms with Crippen LogP contribution in [0, 0.1) is 12.8 Å². The lowest BCUT2D eigenvalue weighted by Crippen LogP contribution is -2.40. The number of thiophene rings is 1. The van der Waals surface area contributed by atoms with Crippen LogP contribution in [0.1, 0.15) is 33.8 Å². The highest BCUT2D eigenvalue weighted by atomic mass is 32.1. The zero-order chi connectivity index (χ0) is 18.8. The van der Waals surface area contributed by atoms with Gasteiger partial charge in [0.05, 0.1) is 17.1 Å². The molecule has 2 aromatic heterocycles. The molecule has 27 heavy (non-hydrogen) atoms. The second-order valence-corrected chi connectivity index (χ2v) is 8.38. The van der Waals surface area contributed by atoms with E-state index < -0.39 is 0 Å². The smallest absolute Gasteiger partial charge is 0.264 e. The standard InChI is InChI=1S/C21H26N4OS/c1-15-18-12-19(20(26)24-10-8-16(9-11-24)13-22-2)27-21(18)25(23-15)14-17-6-4-3-5-7-17/h3-7,12,16,22H,8-11,13-14H2,1-2H3. The average molecular weight is 383 g/mol. The Bertz CT molecular complexity index is 922. The van der Waals surface area contributed by atoms with E-state index in [-0.39, 0.29) is 5.91 Å². The quantitative estimate of drug-likeness (QED) is 0.734. The van der Waals surface area contributed by atoms with Crippen LogP contribution in [0.5, 0.6) is 0 Å². The second kappa shape index (κ2) is 7.82. The van der Waals surface area contributed by atoms with Crippen molar-refractivity contribution >= 4 is 27.5 Å². The maximum Gasteiger partial charge on any atom is 0.264 e. The minimum atomic E-state index is 0.171. The fraction of sp³-hybridized carbons (Fsp3) is 0.429. The predicted molar refractivity (Wildman–Crippen MR) is 110 cm³/mol. The summed E-state index contributed by atoms with van der Waals surface area (Å²) in [5.74, 6) is 0.855. The molecule has 1 aliphatic rings. The number of aryl methyl sites for hydroxylation is 1. The molecule has 5 nitrogen and oxygen atoms in total. The Labute approximate surface area is 164 Å². The third-order valence-electron chi connectivity index (χ3n) is 5.39. The van der Waals surface area contributed by atoms with Crippen molar-refractivity contribution in [2.45, 2.75) is 26.3 Å². The molecule has 0 atom stereocenters. The van der Waals surface area contributed by atoms with Crippen molar-refractivity contribution in [2.24, 2.45) is 5.92 Å². The number of hydrogen-bond donors (Lipinski definition) is 1. The van der Waals surface area contributed by atoms with Crippen LogP contribution in [0.3, 0.4) is 0 Å². The number of piperidine rings is 1. The van der Waals surface area contributed by atoms with Gasteiger partial charge in [0.2, 0.25) is 0 Å². The number of benzene rings is 1. The molecule has 1 aliphatic heterocycles. The van der Waals surface area contributed by atoms with E-state index in [1.54, 1.807) is 11.3 Å². The Balaban J connectivity index is 1.53. The molecule has 3 aromatic rings. The second-order valence-electron chi connectivity index (χ2n) is 7.35. The van der Waals surface area contributed by atoms with Gasteiger partial charge in [-0.3, -0.25) is 9.48 Å². The Morgan fingerprint density at radius 3 is 2.70 bits per heavy atom. The number of nitrogens with one attached hydrogen (secondary N) is 1. The number of nitrogens with zero attached hydrogens (tertiary/aromatic N) is 3. The molecule has 1 saturated heterocycles. The first-order valence-corrected chi connectivity index (χ1v) is 10.4. The van der Waals surface area contributed by atoms with Crippen molar-refractivity contribution in [3.63, 3.8) is 0 Å². The number of fused-ring (bicyclic) bond motifs is 1. The van der Waals surface area contributed by atoms with Gasteiger partial charge in [-0.15, -0.1) is 11.3 Å². The number of carbonyl (C=O) groups excluding carboxylic acids is 1. The molecule has 0 unspecified atom stereocenters. The van der Waals surface area contributed by atoms with Crippen LogP contribution in [0.25, 0.3) is 10.2 Å². The van der Waals surface area contributed by atoms with Gasteiger partial charge in [0.25, 0.3) is 5.91 Å². The van der Waals surface area contributed by atoms with Crippen molar-refractivity contribution in [2.75, 3.05) is 26.7 Å². The Hall–Kier alpha value is -2.18. The summed E-state index contributed by atoms with van der Waals surface area (Å²) in [6, 6.07) is 12.4. The first-order chi connectivity index (χ1) is 13.2. The van der Waals surface area contributed by atoms with E-state index in [1.165, 1.54) is 5.56 Å². The van der Waals surface area contributed by atoms with Gasteiger partial charge in [-0.05, 0) is 50.9 Å². The lowest BCUT2D eigenvalue weighted by molar-refractivity contribution is 0.0696. The molecule has 4 rings (SSSR count). The minimum Gasteiger partial charge on any atom is -0.338 e. The van der Waals surface area contributed by atoms with Crippen molar-refractivity contribution in [1.29, 1.82) is 0 Å². The van der Waals surface area contributed by atoms with E-state index in [4.69, 9.17) is 0 Å². The topological polar surface area (TPSA) is 50.2 Å². The summed E-state index contributed by atoms with van der Waals surface area (Å²) in [7, 11) is 2.00. The van der Waals surface area contributed by atoms with Gasteiger partial charge in [0.15, 0.2) is 0 Å². The summed E-state index contributed by atoms with van der Waals surface area (Å²) < 4.78 is 2.03. The molecule has 1 aromatic carbocycles. The highest BCUT2D eigenvalue weighted by Gasteiger charge is 2.25. The van der Waals surface area contributed by atoms with Crippen LogP contribution in [0.4, 0.5) is 0 Å². The number of carbonyl (C=O) groups is 1. The number of likely N-dealkylation sites (tertiary alicyclic amines) is 1. The van der Waals surface area contributed by atoms with Gasteiger partial charge in [-0.25, -0.2) is 0 Å². The molecule has 0 aliphatic carbocycles. The van der Waals surface area contributed by atoms with Gasteiger partial charge in [0, 0.05) is 18.5 Å². The Morgan fingerprint density at radius 2 is 2.00 bits per heavy atom. The molecule has 3 heterocycles. The van der Waals surface area contributed by atoms with E-state index in [0.717, 1.165) is 59.8 Å². The lowest BCUT2D eigenvalue weighted by Gasteiger charge is -2.31. The highest BCUT2D eigenvalue weighted by Crippen LogP contribution is 2.30. The van der Waals surface area contributed by atoms with Crippen LogP contribution in [-0.2, 0) is 6.54 Å². The fourth-order valence-corrected chi connectivity index (χ4v) is 5.00. The van der Waals surface area contributed by atoms with Gasteiger partial charge in [0.1, 0.15) is 4.83 Å². The molecule has 1 fully saturated rings. The maximum atomic E-state index is 13.0. The highest BCUT2D eigenvalue weighted by molar-refractivity contribution is 7.20. The van der Waals surface area contributed by atoms with Crippen molar-refractivity contribution in [3.8, 4) is 0 Å². The molecule has 6 heteroatoms. The third kappa shape index (κ3) is 3.77. The van der Waals surface area contributed by atoms with Crippen molar-refractivity contribution < 1.29 is 4.79 Å². The summed E-state index contributed by atoms with van der Waals surface area (Å²) >= 11 is 1.57. The lowest BCUT2D eigenvalue weighted by atomic mass is 9.97. The van der Waals surface area contributed by atoms with Crippen LogP contribution in [0.15, 0.2) is 36.4 Å². The first kappa shape index (κ1) is 18.2. The van der Waals surface area contributed by atoms with E-state index in [0.29, 0.717) is 5.92 Å². The van der Waals surface area contributed by atoms with Crippen molar-refractivity contribution in [1.82, 2.24) is 20.0 Å². The maximum absolute atomic E-state index is 13.0.